The Morgan fingerprint density at radius 1 is 1.11 bits per heavy atom. The zero-order chi connectivity index (χ0) is 19.3. The van der Waals surface area contributed by atoms with Crippen LogP contribution in [0.4, 0.5) is 0 Å². The normalized spacial score (nSPS) is 30.5. The summed E-state index contributed by atoms with van der Waals surface area (Å²) < 4.78 is 16.8. The molecule has 4 rings (SSSR count). The lowest BCUT2D eigenvalue weighted by Crippen LogP contribution is -2.60. The van der Waals surface area contributed by atoms with Gasteiger partial charge in [-0.25, -0.2) is 4.79 Å². The van der Waals surface area contributed by atoms with Gasteiger partial charge in [-0.1, -0.05) is 0 Å². The minimum absolute atomic E-state index is 0.348. The summed E-state index contributed by atoms with van der Waals surface area (Å²) in [7, 11) is 0. The number of aliphatic hydroxyl groups excluding tert-OH is 4. The first-order valence-corrected chi connectivity index (χ1v) is 8.97. The third kappa shape index (κ3) is 3.03. The van der Waals surface area contributed by atoms with Crippen molar-refractivity contribution in [1.82, 2.24) is 0 Å². The molecule has 1 saturated heterocycles. The molecule has 1 aliphatic carbocycles. The van der Waals surface area contributed by atoms with Crippen LogP contribution in [0.15, 0.2) is 21.3 Å². The second-order valence-electron chi connectivity index (χ2n) is 7.15. The smallest absolute Gasteiger partial charge is 0.339 e. The van der Waals surface area contributed by atoms with Crippen molar-refractivity contribution in [3.63, 3.8) is 0 Å². The van der Waals surface area contributed by atoms with E-state index in [4.69, 9.17) is 13.9 Å². The SMILES string of the molecule is Cc1cc(O[C@H]2O[C@H](CO)[C@H](O)[C@H](O)[C@H]2O)c2c3c(c(=O)oc2c1)CCC3. The fourth-order valence-corrected chi connectivity index (χ4v) is 3.89. The molecule has 4 N–H and O–H groups in total. The summed E-state index contributed by atoms with van der Waals surface area (Å²) in [5, 5.41) is 40.1. The van der Waals surface area contributed by atoms with E-state index in [1.54, 1.807) is 12.1 Å². The van der Waals surface area contributed by atoms with Crippen LogP contribution >= 0.6 is 0 Å². The Balaban J connectivity index is 1.78. The summed E-state index contributed by atoms with van der Waals surface area (Å²) in [5.74, 6) is 0.358. The van der Waals surface area contributed by atoms with Gasteiger partial charge in [-0.05, 0) is 49.4 Å². The molecule has 2 heterocycles. The largest absolute Gasteiger partial charge is 0.461 e. The van der Waals surface area contributed by atoms with Crippen molar-refractivity contribution in [1.29, 1.82) is 0 Å². The standard InChI is InChI=1S/C19H22O8/c1-8-5-11-14(9-3-2-4-10(9)18(24)25-11)12(6-8)26-19-17(23)16(22)15(21)13(7-20)27-19/h5-6,13,15-17,19-23H,2-4,7H2,1H3/t13-,15+,16+,17-,19+/m1/s1. The molecule has 8 nitrogen and oxygen atoms in total. The first-order valence-electron chi connectivity index (χ1n) is 8.97. The van der Waals surface area contributed by atoms with Gasteiger partial charge in [-0.2, -0.15) is 0 Å². The van der Waals surface area contributed by atoms with E-state index < -0.39 is 37.3 Å². The van der Waals surface area contributed by atoms with E-state index in [1.165, 1.54) is 0 Å². The van der Waals surface area contributed by atoms with Gasteiger partial charge in [0.1, 0.15) is 35.7 Å². The average Bonchev–Trinajstić information content (AvgIpc) is 3.12. The molecule has 0 amide bonds. The van der Waals surface area contributed by atoms with E-state index in [0.717, 1.165) is 17.5 Å². The molecule has 8 heteroatoms. The summed E-state index contributed by atoms with van der Waals surface area (Å²) in [6.07, 6.45) is -4.66. The zero-order valence-electron chi connectivity index (χ0n) is 14.8. The Morgan fingerprint density at radius 2 is 1.85 bits per heavy atom. The number of benzene rings is 1. The third-order valence-corrected chi connectivity index (χ3v) is 5.27. The highest BCUT2D eigenvalue weighted by Crippen LogP contribution is 2.36. The third-order valence-electron chi connectivity index (χ3n) is 5.27. The molecule has 1 fully saturated rings. The van der Waals surface area contributed by atoms with E-state index in [0.29, 0.717) is 35.1 Å². The van der Waals surface area contributed by atoms with Gasteiger partial charge in [-0.15, -0.1) is 0 Å². The Labute approximate surface area is 154 Å². The maximum atomic E-state index is 12.2. The summed E-state index contributed by atoms with van der Waals surface area (Å²) in [6, 6.07) is 3.48. The van der Waals surface area contributed by atoms with E-state index in [-0.39, 0.29) is 5.63 Å². The molecule has 1 aromatic heterocycles. The summed E-state index contributed by atoms with van der Waals surface area (Å²) >= 11 is 0. The highest BCUT2D eigenvalue weighted by atomic mass is 16.7. The van der Waals surface area contributed by atoms with Gasteiger partial charge in [0.2, 0.25) is 6.29 Å². The molecule has 0 unspecified atom stereocenters. The van der Waals surface area contributed by atoms with Crippen molar-refractivity contribution in [2.24, 2.45) is 0 Å². The Bertz CT molecular complexity index is 918. The number of hydrogen-bond donors (Lipinski definition) is 4. The fraction of sp³-hybridized carbons (Fsp3) is 0.526. The lowest BCUT2D eigenvalue weighted by atomic mass is 9.99. The summed E-state index contributed by atoms with van der Waals surface area (Å²) in [6.45, 7) is 1.27. The fourth-order valence-electron chi connectivity index (χ4n) is 3.89. The van der Waals surface area contributed by atoms with E-state index in [1.807, 2.05) is 6.92 Å². The molecule has 0 radical (unpaired) electrons. The van der Waals surface area contributed by atoms with Crippen LogP contribution in [0.3, 0.4) is 0 Å². The van der Waals surface area contributed by atoms with Crippen LogP contribution in [0.2, 0.25) is 0 Å². The first kappa shape index (κ1) is 18.4. The first-order chi connectivity index (χ1) is 12.9. The lowest BCUT2D eigenvalue weighted by Gasteiger charge is -2.39. The minimum atomic E-state index is -1.53. The van der Waals surface area contributed by atoms with Crippen molar-refractivity contribution < 1.29 is 34.3 Å². The molecule has 146 valence electrons. The average molecular weight is 378 g/mol. The van der Waals surface area contributed by atoms with Gasteiger partial charge >= 0.3 is 5.63 Å². The Hall–Kier alpha value is -1.97. The number of rotatable bonds is 3. The van der Waals surface area contributed by atoms with Crippen LogP contribution < -0.4 is 10.4 Å². The summed E-state index contributed by atoms with van der Waals surface area (Å²) in [5.41, 5.74) is 2.31. The lowest BCUT2D eigenvalue weighted by molar-refractivity contribution is -0.277. The van der Waals surface area contributed by atoms with Crippen molar-refractivity contribution in [2.75, 3.05) is 6.61 Å². The second kappa shape index (κ2) is 6.88. The number of ether oxygens (including phenoxy) is 2. The van der Waals surface area contributed by atoms with Crippen molar-refractivity contribution in [3.05, 3.63) is 39.2 Å². The van der Waals surface area contributed by atoms with Crippen molar-refractivity contribution in [3.8, 4) is 5.75 Å². The predicted molar refractivity (Wildman–Crippen MR) is 93.6 cm³/mol. The van der Waals surface area contributed by atoms with Gasteiger partial charge in [0.05, 0.1) is 12.0 Å². The molecule has 5 atom stereocenters. The van der Waals surface area contributed by atoms with Crippen molar-refractivity contribution in [2.45, 2.75) is 56.9 Å². The molecular formula is C19H22O8. The minimum Gasteiger partial charge on any atom is -0.461 e. The predicted octanol–water partition coefficient (Wildman–Crippen LogP) is -0.231. The van der Waals surface area contributed by atoms with Crippen LogP contribution in [0.5, 0.6) is 5.75 Å². The molecule has 0 saturated carbocycles. The molecule has 27 heavy (non-hydrogen) atoms. The van der Waals surface area contributed by atoms with E-state index >= 15 is 0 Å². The molecule has 0 spiro atoms. The Kier molecular flexibility index (Phi) is 4.69. The van der Waals surface area contributed by atoms with Gasteiger partial charge < -0.3 is 34.3 Å². The molecule has 1 aromatic carbocycles. The van der Waals surface area contributed by atoms with Gasteiger partial charge in [0.25, 0.3) is 0 Å². The van der Waals surface area contributed by atoms with Gasteiger partial charge in [0.15, 0.2) is 0 Å². The number of fused-ring (bicyclic) bond motifs is 3. The number of aryl methyl sites for hydroxylation is 2. The number of hydrogen-bond acceptors (Lipinski definition) is 8. The van der Waals surface area contributed by atoms with Crippen molar-refractivity contribution >= 4 is 11.0 Å². The summed E-state index contributed by atoms with van der Waals surface area (Å²) in [4.78, 5) is 12.2. The molecule has 2 aliphatic rings. The van der Waals surface area contributed by atoms with Crippen LogP contribution in [-0.4, -0.2) is 57.7 Å². The molecule has 1 aliphatic heterocycles. The molecular weight excluding hydrogens is 356 g/mol. The second-order valence-corrected chi connectivity index (χ2v) is 7.15. The van der Waals surface area contributed by atoms with Gasteiger partial charge in [0, 0.05) is 5.56 Å². The zero-order valence-corrected chi connectivity index (χ0v) is 14.8. The maximum Gasteiger partial charge on any atom is 0.339 e. The van der Waals surface area contributed by atoms with Crippen LogP contribution in [0.25, 0.3) is 11.0 Å². The van der Waals surface area contributed by atoms with Gasteiger partial charge in [-0.3, -0.25) is 0 Å². The van der Waals surface area contributed by atoms with Crippen LogP contribution in [0, 0.1) is 6.92 Å². The highest BCUT2D eigenvalue weighted by Gasteiger charge is 2.45. The molecule has 2 aromatic rings. The van der Waals surface area contributed by atoms with E-state index in [2.05, 4.69) is 0 Å². The van der Waals surface area contributed by atoms with Crippen LogP contribution in [0.1, 0.15) is 23.1 Å². The topological polar surface area (TPSA) is 130 Å². The highest BCUT2D eigenvalue weighted by molar-refractivity contribution is 5.88. The quantitative estimate of drug-likeness (QED) is 0.539. The van der Waals surface area contributed by atoms with E-state index in [9.17, 15) is 25.2 Å². The van der Waals surface area contributed by atoms with Crippen LogP contribution in [-0.2, 0) is 17.6 Å². The monoisotopic (exact) mass is 378 g/mol. The maximum absolute atomic E-state index is 12.2. The Morgan fingerprint density at radius 3 is 2.59 bits per heavy atom. The molecule has 0 bridgehead atoms. The number of aliphatic hydroxyl groups is 4.